The molecule has 4 aromatic rings. The Kier molecular flexibility index (Phi) is 3.91. The average molecular weight is 363 g/mol. The molecular weight excluding hydrogens is 346 g/mol. The monoisotopic (exact) mass is 363 g/mol. The Morgan fingerprint density at radius 2 is 1.93 bits per heavy atom. The van der Waals surface area contributed by atoms with Crippen molar-refractivity contribution in [1.29, 1.82) is 0 Å². The molecule has 2 N–H and O–H groups in total. The van der Waals surface area contributed by atoms with Crippen molar-refractivity contribution in [2.75, 3.05) is 36.5 Å². The van der Waals surface area contributed by atoms with E-state index in [2.05, 4.69) is 47.5 Å². The molecule has 0 saturated carbocycles. The minimum absolute atomic E-state index is 0.477. The quantitative estimate of drug-likeness (QED) is 0.570. The molecule has 3 aromatic heterocycles. The Morgan fingerprint density at radius 3 is 2.70 bits per heavy atom. The Balaban J connectivity index is 1.44. The van der Waals surface area contributed by atoms with Crippen LogP contribution >= 0.6 is 0 Å². The maximum atomic E-state index is 5.41. The number of H-pyrrole nitrogens is 1. The number of aromatic nitrogens is 5. The van der Waals surface area contributed by atoms with Crippen LogP contribution in [0.4, 0.5) is 17.2 Å². The van der Waals surface area contributed by atoms with Crippen LogP contribution in [-0.2, 0) is 4.74 Å². The minimum Gasteiger partial charge on any atom is -0.451 e. The molecule has 1 aromatic carbocycles. The van der Waals surface area contributed by atoms with Crippen molar-refractivity contribution in [3.05, 3.63) is 43.1 Å². The Labute approximate surface area is 154 Å². The average Bonchev–Trinajstić information content (AvgIpc) is 3.41. The number of nitrogens with one attached hydrogen (secondary N) is 2. The summed E-state index contributed by atoms with van der Waals surface area (Å²) in [7, 11) is 0. The van der Waals surface area contributed by atoms with Gasteiger partial charge in [0, 0.05) is 24.5 Å². The standard InChI is InChI=1S/C18H17N7O2/c1-3-13(25-5-7-26-8-6-25)4-2-12(1)21-18-16-14(9-20-24-16)22-17(23-18)15-10-27-11-19-15/h1-4,9-11H,5-8H2,(H,20,24)(H,21,22,23). The zero-order chi connectivity index (χ0) is 18.1. The molecule has 9 heteroatoms. The lowest BCUT2D eigenvalue weighted by molar-refractivity contribution is 0.122. The second kappa shape index (κ2) is 6.69. The van der Waals surface area contributed by atoms with Gasteiger partial charge in [-0.25, -0.2) is 15.0 Å². The molecule has 0 amide bonds. The number of anilines is 3. The molecule has 1 fully saturated rings. The lowest BCUT2D eigenvalue weighted by Gasteiger charge is -2.28. The highest BCUT2D eigenvalue weighted by molar-refractivity contribution is 5.88. The summed E-state index contributed by atoms with van der Waals surface area (Å²) in [6.45, 7) is 3.36. The van der Waals surface area contributed by atoms with Crippen molar-refractivity contribution in [3.63, 3.8) is 0 Å². The third-order valence-corrected chi connectivity index (χ3v) is 4.47. The van der Waals surface area contributed by atoms with Crippen molar-refractivity contribution in [1.82, 2.24) is 25.1 Å². The third kappa shape index (κ3) is 3.08. The number of rotatable bonds is 4. The van der Waals surface area contributed by atoms with Gasteiger partial charge in [0.1, 0.15) is 23.0 Å². The Hall–Kier alpha value is -3.46. The van der Waals surface area contributed by atoms with Crippen molar-refractivity contribution >= 4 is 28.2 Å². The SMILES string of the molecule is c1nc(-c2nc(Nc3ccc(N4CCOCC4)cc3)c3[nH]ncc3n2)co1. The second-order valence-electron chi connectivity index (χ2n) is 6.17. The van der Waals surface area contributed by atoms with Crippen LogP contribution in [0.5, 0.6) is 0 Å². The molecule has 1 aliphatic rings. The van der Waals surface area contributed by atoms with Crippen molar-refractivity contribution in [2.45, 2.75) is 0 Å². The predicted octanol–water partition coefficient (Wildman–Crippen LogP) is 2.59. The van der Waals surface area contributed by atoms with E-state index < -0.39 is 0 Å². The molecule has 4 heterocycles. The van der Waals surface area contributed by atoms with Crippen LogP contribution in [0.3, 0.4) is 0 Å². The first-order valence-electron chi connectivity index (χ1n) is 8.66. The van der Waals surface area contributed by atoms with E-state index in [1.54, 1.807) is 6.20 Å². The Bertz CT molecular complexity index is 1040. The molecule has 9 nitrogen and oxygen atoms in total. The van der Waals surface area contributed by atoms with Crippen LogP contribution in [0, 0.1) is 0 Å². The number of ether oxygens (including phenoxy) is 1. The summed E-state index contributed by atoms with van der Waals surface area (Å²) in [5, 5.41) is 10.4. The summed E-state index contributed by atoms with van der Waals surface area (Å²) in [6, 6.07) is 8.25. The largest absolute Gasteiger partial charge is 0.451 e. The smallest absolute Gasteiger partial charge is 0.184 e. The molecule has 0 atom stereocenters. The molecule has 0 bridgehead atoms. The number of oxazole rings is 1. The molecule has 5 rings (SSSR count). The fraction of sp³-hybridized carbons (Fsp3) is 0.222. The number of aromatic amines is 1. The molecule has 1 aliphatic heterocycles. The Morgan fingerprint density at radius 1 is 1.07 bits per heavy atom. The molecule has 1 saturated heterocycles. The van der Waals surface area contributed by atoms with Crippen LogP contribution in [0.1, 0.15) is 0 Å². The molecule has 0 spiro atoms. The van der Waals surface area contributed by atoms with E-state index in [0.717, 1.165) is 37.5 Å². The second-order valence-corrected chi connectivity index (χ2v) is 6.17. The highest BCUT2D eigenvalue weighted by atomic mass is 16.5. The number of fused-ring (bicyclic) bond motifs is 1. The molecule has 0 aliphatic carbocycles. The highest BCUT2D eigenvalue weighted by Crippen LogP contribution is 2.26. The van der Waals surface area contributed by atoms with Gasteiger partial charge < -0.3 is 19.4 Å². The van der Waals surface area contributed by atoms with Gasteiger partial charge in [-0.1, -0.05) is 0 Å². The number of nitrogens with zero attached hydrogens (tertiary/aromatic N) is 5. The summed E-state index contributed by atoms with van der Waals surface area (Å²) in [4.78, 5) is 15.5. The molecule has 27 heavy (non-hydrogen) atoms. The van der Waals surface area contributed by atoms with Gasteiger partial charge in [0.25, 0.3) is 0 Å². The summed E-state index contributed by atoms with van der Waals surface area (Å²) in [5.41, 5.74) is 4.12. The van der Waals surface area contributed by atoms with E-state index in [4.69, 9.17) is 9.15 Å². The van der Waals surface area contributed by atoms with Crippen molar-refractivity contribution in [2.24, 2.45) is 0 Å². The van der Waals surface area contributed by atoms with Gasteiger partial charge in [-0.3, -0.25) is 5.10 Å². The molecule has 136 valence electrons. The van der Waals surface area contributed by atoms with Gasteiger partial charge in [-0.05, 0) is 24.3 Å². The number of benzene rings is 1. The summed E-state index contributed by atoms with van der Waals surface area (Å²) >= 11 is 0. The maximum absolute atomic E-state index is 5.41. The first-order valence-corrected chi connectivity index (χ1v) is 8.66. The third-order valence-electron chi connectivity index (χ3n) is 4.47. The van der Waals surface area contributed by atoms with Crippen molar-refractivity contribution < 1.29 is 9.15 Å². The van der Waals surface area contributed by atoms with Crippen LogP contribution in [0.15, 0.2) is 47.5 Å². The lowest BCUT2D eigenvalue weighted by atomic mass is 10.2. The van der Waals surface area contributed by atoms with Gasteiger partial charge >= 0.3 is 0 Å². The van der Waals surface area contributed by atoms with Gasteiger partial charge in [0.2, 0.25) is 0 Å². The van der Waals surface area contributed by atoms with Crippen LogP contribution in [0.2, 0.25) is 0 Å². The van der Waals surface area contributed by atoms with E-state index in [1.165, 1.54) is 18.3 Å². The normalized spacial score (nSPS) is 14.6. The first kappa shape index (κ1) is 15.8. The highest BCUT2D eigenvalue weighted by Gasteiger charge is 2.14. The lowest BCUT2D eigenvalue weighted by Crippen LogP contribution is -2.36. The van der Waals surface area contributed by atoms with Crippen LogP contribution in [0.25, 0.3) is 22.6 Å². The zero-order valence-corrected chi connectivity index (χ0v) is 14.4. The number of hydrogen-bond donors (Lipinski definition) is 2. The van der Waals surface area contributed by atoms with Gasteiger partial charge in [-0.15, -0.1) is 0 Å². The zero-order valence-electron chi connectivity index (χ0n) is 14.4. The van der Waals surface area contributed by atoms with Crippen molar-refractivity contribution in [3.8, 4) is 11.5 Å². The fourth-order valence-corrected chi connectivity index (χ4v) is 3.08. The fourth-order valence-electron chi connectivity index (χ4n) is 3.08. The maximum Gasteiger partial charge on any atom is 0.184 e. The number of hydrogen-bond acceptors (Lipinski definition) is 8. The number of morpholine rings is 1. The summed E-state index contributed by atoms with van der Waals surface area (Å²) in [6.07, 6.45) is 4.53. The van der Waals surface area contributed by atoms with Gasteiger partial charge in [0.15, 0.2) is 18.0 Å². The van der Waals surface area contributed by atoms with E-state index >= 15 is 0 Å². The van der Waals surface area contributed by atoms with E-state index in [1.807, 2.05) is 12.1 Å². The molecular formula is C18H17N7O2. The van der Waals surface area contributed by atoms with Gasteiger partial charge in [0.05, 0.1) is 19.4 Å². The predicted molar refractivity (Wildman–Crippen MR) is 99.9 cm³/mol. The summed E-state index contributed by atoms with van der Waals surface area (Å²) < 4.78 is 10.5. The van der Waals surface area contributed by atoms with Crippen LogP contribution < -0.4 is 10.2 Å². The van der Waals surface area contributed by atoms with Gasteiger partial charge in [-0.2, -0.15) is 5.10 Å². The minimum atomic E-state index is 0.477. The molecule has 0 radical (unpaired) electrons. The topological polar surface area (TPSA) is 105 Å². The van der Waals surface area contributed by atoms with Crippen LogP contribution in [-0.4, -0.2) is 51.5 Å². The van der Waals surface area contributed by atoms with E-state index in [0.29, 0.717) is 22.9 Å². The summed E-state index contributed by atoms with van der Waals surface area (Å²) in [5.74, 6) is 1.11. The van der Waals surface area contributed by atoms with E-state index in [9.17, 15) is 0 Å². The molecule has 0 unspecified atom stereocenters. The van der Waals surface area contributed by atoms with E-state index in [-0.39, 0.29) is 0 Å². The first-order chi connectivity index (χ1) is 13.4.